The zero-order chi connectivity index (χ0) is 14.3. The molecule has 6 nitrogen and oxygen atoms in total. The average molecular weight is 308 g/mol. The van der Waals surface area contributed by atoms with Crippen molar-refractivity contribution in [1.29, 1.82) is 0 Å². The van der Waals surface area contributed by atoms with Gasteiger partial charge in [-0.1, -0.05) is 11.6 Å². The van der Waals surface area contributed by atoms with Gasteiger partial charge in [0.25, 0.3) is 5.91 Å². The fourth-order valence-electron chi connectivity index (χ4n) is 1.86. The van der Waals surface area contributed by atoms with Crippen LogP contribution in [0.5, 0.6) is 0 Å². The van der Waals surface area contributed by atoms with Crippen molar-refractivity contribution in [1.82, 2.24) is 15.3 Å². The van der Waals surface area contributed by atoms with Crippen molar-refractivity contribution < 1.29 is 14.4 Å². The number of hydrogen-bond acceptors (Lipinski definition) is 6. The van der Waals surface area contributed by atoms with Crippen LogP contribution < -0.4 is 5.32 Å². The number of Topliss-reactive ketones (excluding diaryl/α,β-unsaturated/α-hetero) is 1. The number of aromatic nitrogens is 2. The normalized spacial score (nSPS) is 18.4. The molecule has 1 aliphatic rings. The van der Waals surface area contributed by atoms with Gasteiger partial charge in [-0.2, -0.15) is 0 Å². The second kappa shape index (κ2) is 4.77. The molecule has 0 bridgehead atoms. The highest BCUT2D eigenvalue weighted by molar-refractivity contribution is 7.13. The fraction of sp³-hybridized carbons (Fsp3) is 0.0833. The first-order valence-electron chi connectivity index (χ1n) is 5.52. The van der Waals surface area contributed by atoms with Crippen molar-refractivity contribution in [2.75, 3.05) is 0 Å². The monoisotopic (exact) mass is 307 g/mol. The standard InChI is InChI=1S/C12H6ClN3O3S/c13-6-3-14-2-1-5(6)12-15-7(4-20-12)8-9(17)11(19)16-10(8)18/h1-4,8H,(H,16,18,19). The lowest BCUT2D eigenvalue weighted by atomic mass is 10.0. The van der Waals surface area contributed by atoms with Gasteiger partial charge in [0.15, 0.2) is 0 Å². The summed E-state index contributed by atoms with van der Waals surface area (Å²) < 4.78 is 0. The quantitative estimate of drug-likeness (QED) is 0.511. The number of ketones is 1. The molecule has 1 atom stereocenters. The van der Waals surface area contributed by atoms with Crippen LogP contribution >= 0.6 is 22.9 Å². The maximum Gasteiger partial charge on any atom is 0.295 e. The zero-order valence-corrected chi connectivity index (χ0v) is 11.4. The third kappa shape index (κ3) is 2.00. The summed E-state index contributed by atoms with van der Waals surface area (Å²) in [5.74, 6) is -3.48. The maximum absolute atomic E-state index is 11.6. The van der Waals surface area contributed by atoms with Gasteiger partial charge in [-0.05, 0) is 6.07 Å². The van der Waals surface area contributed by atoms with Crippen molar-refractivity contribution in [3.8, 4) is 10.6 Å². The van der Waals surface area contributed by atoms with E-state index in [4.69, 9.17) is 11.6 Å². The Labute approximate surface area is 121 Å². The number of imide groups is 1. The maximum atomic E-state index is 11.6. The van der Waals surface area contributed by atoms with Crippen LogP contribution in [-0.2, 0) is 14.4 Å². The van der Waals surface area contributed by atoms with Crippen LogP contribution in [0.25, 0.3) is 10.6 Å². The Morgan fingerprint density at radius 2 is 2.10 bits per heavy atom. The number of carbonyl (C=O) groups excluding carboxylic acids is 3. The van der Waals surface area contributed by atoms with Gasteiger partial charge >= 0.3 is 0 Å². The number of nitrogens with one attached hydrogen (secondary N) is 1. The Balaban J connectivity index is 1.99. The predicted molar refractivity (Wildman–Crippen MR) is 71.3 cm³/mol. The first-order chi connectivity index (χ1) is 9.58. The number of amides is 2. The highest BCUT2D eigenvalue weighted by Gasteiger charge is 2.42. The molecule has 20 heavy (non-hydrogen) atoms. The minimum atomic E-state index is -1.16. The lowest BCUT2D eigenvalue weighted by molar-refractivity contribution is -0.135. The van der Waals surface area contributed by atoms with E-state index in [9.17, 15) is 14.4 Å². The largest absolute Gasteiger partial charge is 0.295 e. The van der Waals surface area contributed by atoms with E-state index in [-0.39, 0.29) is 5.69 Å². The lowest BCUT2D eigenvalue weighted by Crippen LogP contribution is -2.22. The van der Waals surface area contributed by atoms with Gasteiger partial charge in [-0.15, -0.1) is 11.3 Å². The fourth-order valence-corrected chi connectivity index (χ4v) is 3.00. The molecule has 0 spiro atoms. The molecule has 1 saturated heterocycles. The molecule has 0 saturated carbocycles. The number of rotatable bonds is 2. The Hall–Kier alpha value is -2.12. The Bertz CT molecular complexity index is 743. The Morgan fingerprint density at radius 1 is 1.30 bits per heavy atom. The van der Waals surface area contributed by atoms with Crippen LogP contribution in [0.3, 0.4) is 0 Å². The second-order valence-electron chi connectivity index (χ2n) is 4.05. The van der Waals surface area contributed by atoms with E-state index >= 15 is 0 Å². The highest BCUT2D eigenvalue weighted by Crippen LogP contribution is 2.32. The topological polar surface area (TPSA) is 89.0 Å². The molecule has 3 heterocycles. The van der Waals surface area contributed by atoms with Crippen LogP contribution in [-0.4, -0.2) is 27.6 Å². The first-order valence-corrected chi connectivity index (χ1v) is 6.78. The summed E-state index contributed by atoms with van der Waals surface area (Å²) in [5, 5.41) is 4.54. The van der Waals surface area contributed by atoms with Gasteiger partial charge < -0.3 is 0 Å². The second-order valence-corrected chi connectivity index (χ2v) is 5.31. The van der Waals surface area contributed by atoms with Gasteiger partial charge in [-0.25, -0.2) is 4.98 Å². The van der Waals surface area contributed by atoms with Gasteiger partial charge in [0.2, 0.25) is 11.7 Å². The Kier molecular flexibility index (Phi) is 3.07. The third-order valence-electron chi connectivity index (χ3n) is 2.81. The molecule has 1 unspecified atom stereocenters. The van der Waals surface area contributed by atoms with Crippen molar-refractivity contribution in [3.63, 3.8) is 0 Å². The average Bonchev–Trinajstić information content (AvgIpc) is 2.96. The molecular weight excluding hydrogens is 302 g/mol. The molecule has 1 N–H and O–H groups in total. The number of nitrogens with zero attached hydrogens (tertiary/aromatic N) is 2. The van der Waals surface area contributed by atoms with Crippen LogP contribution in [0.2, 0.25) is 5.02 Å². The molecule has 8 heteroatoms. The van der Waals surface area contributed by atoms with Crippen molar-refractivity contribution in [2.45, 2.75) is 5.92 Å². The molecule has 1 aliphatic heterocycles. The van der Waals surface area contributed by atoms with Gasteiger partial charge in [0.1, 0.15) is 10.9 Å². The van der Waals surface area contributed by atoms with E-state index in [0.717, 1.165) is 0 Å². The number of halogens is 1. The molecule has 2 aromatic rings. The van der Waals surface area contributed by atoms with Crippen LogP contribution in [0.4, 0.5) is 0 Å². The molecule has 0 aromatic carbocycles. The molecule has 0 aliphatic carbocycles. The number of pyridine rings is 1. The predicted octanol–water partition coefficient (Wildman–Crippen LogP) is 1.17. The highest BCUT2D eigenvalue weighted by atomic mass is 35.5. The third-order valence-corrected chi connectivity index (χ3v) is 4.00. The summed E-state index contributed by atoms with van der Waals surface area (Å²) in [6.07, 6.45) is 3.05. The molecule has 1 fully saturated rings. The minimum absolute atomic E-state index is 0.256. The van der Waals surface area contributed by atoms with E-state index in [1.807, 2.05) is 5.32 Å². The van der Waals surface area contributed by atoms with Crippen molar-refractivity contribution >= 4 is 40.5 Å². The Morgan fingerprint density at radius 3 is 2.75 bits per heavy atom. The summed E-state index contributed by atoms with van der Waals surface area (Å²) in [6.45, 7) is 0. The molecule has 3 rings (SSSR count). The summed E-state index contributed by atoms with van der Waals surface area (Å²) in [6, 6.07) is 1.69. The summed E-state index contributed by atoms with van der Waals surface area (Å²) in [7, 11) is 0. The molecule has 2 amide bonds. The molecule has 100 valence electrons. The van der Waals surface area contributed by atoms with Crippen molar-refractivity contribution in [2.24, 2.45) is 0 Å². The van der Waals surface area contributed by atoms with Crippen LogP contribution in [0.15, 0.2) is 23.8 Å². The van der Waals surface area contributed by atoms with E-state index in [1.165, 1.54) is 17.5 Å². The van der Waals surface area contributed by atoms with Gasteiger partial charge in [0, 0.05) is 23.3 Å². The lowest BCUT2D eigenvalue weighted by Gasteiger charge is -2.00. The summed E-state index contributed by atoms with van der Waals surface area (Å²) in [4.78, 5) is 42.5. The van der Waals surface area contributed by atoms with Crippen molar-refractivity contribution in [3.05, 3.63) is 34.6 Å². The smallest absolute Gasteiger partial charge is 0.289 e. The zero-order valence-electron chi connectivity index (χ0n) is 9.79. The van der Waals surface area contributed by atoms with Crippen LogP contribution in [0.1, 0.15) is 11.6 Å². The SMILES string of the molecule is O=C1NC(=O)C(c2csc(-c3ccncc3Cl)n2)C1=O. The van der Waals surface area contributed by atoms with E-state index < -0.39 is 23.5 Å². The van der Waals surface area contributed by atoms with Gasteiger partial charge in [-0.3, -0.25) is 24.7 Å². The molecular formula is C12H6ClN3O3S. The molecule has 0 radical (unpaired) electrons. The van der Waals surface area contributed by atoms with Crippen LogP contribution in [0, 0.1) is 0 Å². The summed E-state index contributed by atoms with van der Waals surface area (Å²) in [5.41, 5.74) is 0.918. The summed E-state index contributed by atoms with van der Waals surface area (Å²) >= 11 is 7.25. The van der Waals surface area contributed by atoms with E-state index in [0.29, 0.717) is 15.6 Å². The number of carbonyl (C=O) groups is 3. The number of hydrogen-bond donors (Lipinski definition) is 1. The van der Waals surface area contributed by atoms with Gasteiger partial charge in [0.05, 0.1) is 10.7 Å². The number of thiazole rings is 1. The molecule has 2 aromatic heterocycles. The first kappa shape index (κ1) is 12.9. The minimum Gasteiger partial charge on any atom is -0.289 e. The van der Waals surface area contributed by atoms with E-state index in [1.54, 1.807) is 17.6 Å². The van der Waals surface area contributed by atoms with E-state index in [2.05, 4.69) is 9.97 Å².